The number of likely N-dealkylation sites (tertiary alicyclic amines) is 1. The Morgan fingerprint density at radius 1 is 1.11 bits per heavy atom. The Balaban J connectivity index is 1.30. The molecule has 1 saturated carbocycles. The summed E-state index contributed by atoms with van der Waals surface area (Å²) in [6, 6.07) is 6.18. The summed E-state index contributed by atoms with van der Waals surface area (Å²) in [5.41, 5.74) is 8.47. The lowest BCUT2D eigenvalue weighted by Crippen LogP contribution is -2.51. The minimum absolute atomic E-state index is 0.0378. The minimum Gasteiger partial charge on any atom is -0.341 e. The Bertz CT molecular complexity index is 748. The monoisotopic (exact) mass is 448 g/mol. The number of halogens is 1. The zero-order chi connectivity index (χ0) is 19.7. The van der Waals surface area contributed by atoms with Gasteiger partial charge in [0.1, 0.15) is 6.04 Å². The molecule has 2 amide bonds. The number of hydrazine groups is 1. The SMILES string of the molecule is Cc1cc(Br)ccc1NC(=O)C1CCN(C(=O)C2NNC3CCCCC32)CC1. The summed E-state index contributed by atoms with van der Waals surface area (Å²) >= 11 is 3.45. The van der Waals surface area contributed by atoms with E-state index in [0.29, 0.717) is 25.0 Å². The molecule has 28 heavy (non-hydrogen) atoms. The van der Waals surface area contributed by atoms with Gasteiger partial charge in [0.25, 0.3) is 0 Å². The van der Waals surface area contributed by atoms with Gasteiger partial charge in [-0.15, -0.1) is 0 Å². The van der Waals surface area contributed by atoms with Gasteiger partial charge in [0.2, 0.25) is 11.8 Å². The summed E-state index contributed by atoms with van der Waals surface area (Å²) < 4.78 is 1.00. The van der Waals surface area contributed by atoms with Crippen molar-refractivity contribution in [2.45, 2.75) is 57.5 Å². The summed E-state index contributed by atoms with van der Waals surface area (Å²) in [6.07, 6.45) is 6.18. The number of hydrogen-bond acceptors (Lipinski definition) is 4. The zero-order valence-corrected chi connectivity index (χ0v) is 17.9. The predicted octanol–water partition coefficient (Wildman–Crippen LogP) is 2.97. The van der Waals surface area contributed by atoms with Gasteiger partial charge in [-0.3, -0.25) is 15.0 Å². The van der Waals surface area contributed by atoms with Crippen molar-refractivity contribution in [1.29, 1.82) is 0 Å². The van der Waals surface area contributed by atoms with Crippen molar-refractivity contribution in [1.82, 2.24) is 15.8 Å². The largest absolute Gasteiger partial charge is 0.341 e. The maximum absolute atomic E-state index is 13.0. The molecule has 2 saturated heterocycles. The highest BCUT2D eigenvalue weighted by molar-refractivity contribution is 9.10. The molecular weight excluding hydrogens is 420 g/mol. The van der Waals surface area contributed by atoms with Crippen molar-refractivity contribution in [3.8, 4) is 0 Å². The zero-order valence-electron chi connectivity index (χ0n) is 16.3. The second-order valence-corrected chi connectivity index (χ2v) is 9.28. The van der Waals surface area contributed by atoms with Crippen LogP contribution in [0.2, 0.25) is 0 Å². The fourth-order valence-electron chi connectivity index (χ4n) is 4.85. The molecule has 1 aliphatic carbocycles. The maximum Gasteiger partial charge on any atom is 0.241 e. The number of aryl methyl sites for hydroxylation is 1. The number of hydrogen-bond donors (Lipinski definition) is 3. The van der Waals surface area contributed by atoms with Crippen molar-refractivity contribution >= 4 is 33.4 Å². The molecule has 0 spiro atoms. The Labute approximate surface area is 174 Å². The summed E-state index contributed by atoms with van der Waals surface area (Å²) in [5, 5.41) is 3.06. The molecule has 7 heteroatoms. The van der Waals surface area contributed by atoms with E-state index >= 15 is 0 Å². The van der Waals surface area contributed by atoms with Crippen LogP contribution in [-0.4, -0.2) is 41.9 Å². The molecule has 2 aliphatic heterocycles. The molecule has 3 N–H and O–H groups in total. The molecule has 3 aliphatic rings. The van der Waals surface area contributed by atoms with Crippen LogP contribution >= 0.6 is 15.9 Å². The normalized spacial score (nSPS) is 28.1. The maximum atomic E-state index is 13.0. The van der Waals surface area contributed by atoms with Gasteiger partial charge in [0, 0.05) is 41.1 Å². The number of nitrogens with zero attached hydrogens (tertiary/aromatic N) is 1. The second-order valence-electron chi connectivity index (χ2n) is 8.37. The molecule has 0 aromatic heterocycles. The van der Waals surface area contributed by atoms with Gasteiger partial charge in [-0.25, -0.2) is 5.43 Å². The smallest absolute Gasteiger partial charge is 0.241 e. The van der Waals surface area contributed by atoms with Crippen molar-refractivity contribution < 1.29 is 9.59 Å². The van der Waals surface area contributed by atoms with Crippen LogP contribution in [0.5, 0.6) is 0 Å². The van der Waals surface area contributed by atoms with E-state index in [0.717, 1.165) is 41.4 Å². The number of piperidine rings is 1. The number of amides is 2. The van der Waals surface area contributed by atoms with E-state index < -0.39 is 0 Å². The number of benzene rings is 1. The third-order valence-electron chi connectivity index (χ3n) is 6.56. The molecule has 2 heterocycles. The Hall–Kier alpha value is -1.44. The lowest BCUT2D eigenvalue weighted by molar-refractivity contribution is -0.137. The molecule has 6 nitrogen and oxygen atoms in total. The standard InChI is InChI=1S/C21H29BrN4O2/c1-13-12-15(22)6-7-17(13)23-20(27)14-8-10-26(11-9-14)21(28)19-16-4-2-3-5-18(16)24-25-19/h6-7,12,14,16,18-19,24-25H,2-5,8-11H2,1H3,(H,23,27). The first-order valence-electron chi connectivity index (χ1n) is 10.4. The van der Waals surface area contributed by atoms with Gasteiger partial charge in [-0.05, 0) is 56.4 Å². The van der Waals surface area contributed by atoms with Crippen LogP contribution in [0.25, 0.3) is 0 Å². The highest BCUT2D eigenvalue weighted by Crippen LogP contribution is 2.31. The van der Waals surface area contributed by atoms with Crippen molar-refractivity contribution in [3.05, 3.63) is 28.2 Å². The van der Waals surface area contributed by atoms with Gasteiger partial charge >= 0.3 is 0 Å². The highest BCUT2D eigenvalue weighted by atomic mass is 79.9. The molecule has 3 fully saturated rings. The lowest BCUT2D eigenvalue weighted by atomic mass is 9.81. The average Bonchev–Trinajstić information content (AvgIpc) is 3.14. The lowest BCUT2D eigenvalue weighted by Gasteiger charge is -2.35. The fraction of sp³-hybridized carbons (Fsp3) is 0.619. The predicted molar refractivity (Wildman–Crippen MR) is 113 cm³/mol. The number of anilines is 1. The van der Waals surface area contributed by atoms with E-state index in [2.05, 4.69) is 32.1 Å². The van der Waals surface area contributed by atoms with Crippen molar-refractivity contribution in [2.24, 2.45) is 11.8 Å². The Morgan fingerprint density at radius 3 is 2.61 bits per heavy atom. The fourth-order valence-corrected chi connectivity index (χ4v) is 5.32. The highest BCUT2D eigenvalue weighted by Gasteiger charge is 2.43. The third kappa shape index (κ3) is 4.11. The molecule has 1 aromatic carbocycles. The van der Waals surface area contributed by atoms with E-state index in [4.69, 9.17) is 0 Å². The first kappa shape index (κ1) is 19.9. The van der Waals surface area contributed by atoms with Gasteiger partial charge in [0.05, 0.1) is 0 Å². The summed E-state index contributed by atoms with van der Waals surface area (Å²) in [5.74, 6) is 0.627. The van der Waals surface area contributed by atoms with Crippen LogP contribution in [0, 0.1) is 18.8 Å². The van der Waals surface area contributed by atoms with Gasteiger partial charge in [-0.2, -0.15) is 0 Å². The Morgan fingerprint density at radius 2 is 1.86 bits per heavy atom. The molecule has 0 bridgehead atoms. The minimum atomic E-state index is -0.110. The molecular formula is C21H29BrN4O2. The molecule has 3 unspecified atom stereocenters. The van der Waals surface area contributed by atoms with E-state index in [-0.39, 0.29) is 23.8 Å². The topological polar surface area (TPSA) is 73.5 Å². The Kier molecular flexibility index (Phi) is 6.04. The second kappa shape index (κ2) is 8.51. The van der Waals surface area contributed by atoms with Crippen LogP contribution < -0.4 is 16.2 Å². The van der Waals surface area contributed by atoms with E-state index in [1.807, 2.05) is 30.0 Å². The number of carbonyl (C=O) groups excluding carboxylic acids is 2. The van der Waals surface area contributed by atoms with Gasteiger partial charge in [-0.1, -0.05) is 28.8 Å². The molecule has 152 valence electrons. The summed E-state index contributed by atoms with van der Waals surface area (Å²) in [7, 11) is 0. The van der Waals surface area contributed by atoms with Crippen LogP contribution in [0.15, 0.2) is 22.7 Å². The number of rotatable bonds is 3. The van der Waals surface area contributed by atoms with Crippen LogP contribution in [0.3, 0.4) is 0 Å². The summed E-state index contributed by atoms with van der Waals surface area (Å²) in [4.78, 5) is 27.6. The molecule has 1 aromatic rings. The third-order valence-corrected chi connectivity index (χ3v) is 7.05. The van der Waals surface area contributed by atoms with E-state index in [1.165, 1.54) is 12.8 Å². The molecule has 4 rings (SSSR count). The van der Waals surface area contributed by atoms with E-state index in [1.54, 1.807) is 0 Å². The van der Waals surface area contributed by atoms with Crippen molar-refractivity contribution in [2.75, 3.05) is 18.4 Å². The first-order valence-corrected chi connectivity index (χ1v) is 11.2. The van der Waals surface area contributed by atoms with Gasteiger partial charge < -0.3 is 10.2 Å². The molecule has 3 atom stereocenters. The number of fused-ring (bicyclic) bond motifs is 1. The number of nitrogens with one attached hydrogen (secondary N) is 3. The number of carbonyl (C=O) groups is 2. The van der Waals surface area contributed by atoms with Gasteiger partial charge in [0.15, 0.2) is 0 Å². The molecule has 0 radical (unpaired) electrons. The first-order chi connectivity index (χ1) is 13.5. The quantitative estimate of drug-likeness (QED) is 0.664. The van der Waals surface area contributed by atoms with Crippen LogP contribution in [0.1, 0.15) is 44.1 Å². The summed E-state index contributed by atoms with van der Waals surface area (Å²) in [6.45, 7) is 3.31. The van der Waals surface area contributed by atoms with Crippen LogP contribution in [0.4, 0.5) is 5.69 Å². The van der Waals surface area contributed by atoms with Crippen molar-refractivity contribution in [3.63, 3.8) is 0 Å². The average molecular weight is 449 g/mol. The van der Waals surface area contributed by atoms with E-state index in [9.17, 15) is 9.59 Å². The van der Waals surface area contributed by atoms with Crippen LogP contribution in [-0.2, 0) is 9.59 Å².